The normalized spacial score (nSPS) is 27.8. The molecule has 1 heterocycles. The zero-order valence-corrected chi connectivity index (χ0v) is 15.4. The van der Waals surface area contributed by atoms with Crippen LogP contribution in [0.5, 0.6) is 0 Å². The molecule has 3 N–H and O–H groups in total. The van der Waals surface area contributed by atoms with E-state index in [1.807, 2.05) is 18.2 Å². The number of carbonyl (C=O) groups is 1. The second kappa shape index (κ2) is 8.49. The average molecular weight is 366 g/mol. The highest BCUT2D eigenvalue weighted by atomic mass is 35.5. The molecule has 1 aromatic rings. The quantitative estimate of drug-likeness (QED) is 0.836. The van der Waals surface area contributed by atoms with Crippen LogP contribution in [0.25, 0.3) is 0 Å². The van der Waals surface area contributed by atoms with Crippen molar-refractivity contribution in [3.63, 3.8) is 0 Å². The summed E-state index contributed by atoms with van der Waals surface area (Å²) >= 11 is 6.16. The number of carbonyl (C=O) groups excluding carboxylic acids is 1. The van der Waals surface area contributed by atoms with Crippen LogP contribution in [0.2, 0.25) is 5.02 Å². The smallest absolute Gasteiger partial charge is 0.234 e. The van der Waals surface area contributed by atoms with Crippen LogP contribution in [0.3, 0.4) is 0 Å². The maximum Gasteiger partial charge on any atom is 0.234 e. The van der Waals surface area contributed by atoms with Gasteiger partial charge in [0.15, 0.2) is 0 Å². The van der Waals surface area contributed by atoms with Gasteiger partial charge in [-0.2, -0.15) is 0 Å². The summed E-state index contributed by atoms with van der Waals surface area (Å²) in [7, 11) is 0. The third kappa shape index (κ3) is 4.73. The molecule has 0 radical (unpaired) electrons. The molecule has 1 amide bonds. The molecular weight excluding hydrogens is 338 g/mol. The minimum Gasteiger partial charge on any atom is -0.379 e. The number of amides is 1. The van der Waals surface area contributed by atoms with E-state index in [1.54, 1.807) is 0 Å². The SMILES string of the molecule is NCC1(c2cccc(Cl)c2)CCC(NC(=O)CN2CCOCC2)CC1. The molecule has 2 aliphatic rings. The highest BCUT2D eigenvalue weighted by Crippen LogP contribution is 2.39. The minimum absolute atomic E-state index is 0.0175. The Bertz CT molecular complexity index is 582. The average Bonchev–Trinajstić information content (AvgIpc) is 2.63. The van der Waals surface area contributed by atoms with Gasteiger partial charge < -0.3 is 15.8 Å². The summed E-state index contributed by atoms with van der Waals surface area (Å²) in [6.07, 6.45) is 3.87. The molecule has 1 aliphatic heterocycles. The molecule has 0 spiro atoms. The molecule has 138 valence electrons. The highest BCUT2D eigenvalue weighted by Gasteiger charge is 2.36. The Hall–Kier alpha value is -1.14. The number of rotatable bonds is 5. The molecule has 1 saturated carbocycles. The van der Waals surface area contributed by atoms with Crippen molar-refractivity contribution in [1.29, 1.82) is 0 Å². The Morgan fingerprint density at radius 2 is 2.04 bits per heavy atom. The van der Waals surface area contributed by atoms with Crippen molar-refractivity contribution in [2.24, 2.45) is 5.73 Å². The fraction of sp³-hybridized carbons (Fsp3) is 0.632. The van der Waals surface area contributed by atoms with E-state index in [0.29, 0.717) is 13.1 Å². The van der Waals surface area contributed by atoms with Crippen molar-refractivity contribution in [3.8, 4) is 0 Å². The number of halogens is 1. The number of benzene rings is 1. The Kier molecular flexibility index (Phi) is 6.34. The molecule has 0 atom stereocenters. The van der Waals surface area contributed by atoms with Crippen LogP contribution in [0.4, 0.5) is 0 Å². The Morgan fingerprint density at radius 1 is 1.32 bits per heavy atom. The van der Waals surface area contributed by atoms with Gasteiger partial charge in [-0.15, -0.1) is 0 Å². The van der Waals surface area contributed by atoms with Crippen molar-refractivity contribution >= 4 is 17.5 Å². The van der Waals surface area contributed by atoms with E-state index in [9.17, 15) is 4.79 Å². The Morgan fingerprint density at radius 3 is 2.68 bits per heavy atom. The number of ether oxygens (including phenoxy) is 1. The third-order valence-corrected chi connectivity index (χ3v) is 5.84. The number of hydrogen-bond donors (Lipinski definition) is 2. The molecular formula is C19H28ClN3O2. The van der Waals surface area contributed by atoms with E-state index < -0.39 is 0 Å². The van der Waals surface area contributed by atoms with Gasteiger partial charge in [-0.3, -0.25) is 9.69 Å². The van der Waals surface area contributed by atoms with Gasteiger partial charge in [-0.1, -0.05) is 23.7 Å². The summed E-state index contributed by atoms with van der Waals surface area (Å²) in [5.74, 6) is 0.120. The summed E-state index contributed by atoms with van der Waals surface area (Å²) < 4.78 is 5.32. The second-order valence-corrected chi connectivity index (χ2v) is 7.66. The van der Waals surface area contributed by atoms with Gasteiger partial charge in [0, 0.05) is 36.1 Å². The first-order valence-electron chi connectivity index (χ1n) is 9.17. The molecule has 1 aromatic carbocycles. The zero-order valence-electron chi connectivity index (χ0n) is 14.7. The van der Waals surface area contributed by atoms with Crippen molar-refractivity contribution in [2.75, 3.05) is 39.4 Å². The number of hydrogen-bond acceptors (Lipinski definition) is 4. The lowest BCUT2D eigenvalue weighted by atomic mass is 9.68. The van der Waals surface area contributed by atoms with E-state index in [0.717, 1.165) is 57.0 Å². The van der Waals surface area contributed by atoms with E-state index in [-0.39, 0.29) is 17.4 Å². The van der Waals surface area contributed by atoms with Crippen molar-refractivity contribution in [3.05, 3.63) is 34.9 Å². The molecule has 2 fully saturated rings. The molecule has 1 aliphatic carbocycles. The molecule has 0 aromatic heterocycles. The first-order valence-corrected chi connectivity index (χ1v) is 9.55. The Balaban J connectivity index is 1.52. The summed E-state index contributed by atoms with van der Waals surface area (Å²) in [6.45, 7) is 4.19. The first-order chi connectivity index (χ1) is 12.1. The maximum absolute atomic E-state index is 12.3. The van der Waals surface area contributed by atoms with E-state index in [1.165, 1.54) is 5.56 Å². The van der Waals surface area contributed by atoms with E-state index in [4.69, 9.17) is 22.1 Å². The van der Waals surface area contributed by atoms with E-state index >= 15 is 0 Å². The standard InChI is InChI=1S/C19H28ClN3O2/c20-16-3-1-2-15(12-16)19(14-21)6-4-17(5-7-19)22-18(24)13-23-8-10-25-11-9-23/h1-3,12,17H,4-11,13-14,21H2,(H,22,24). The predicted octanol–water partition coefficient (Wildman–Crippen LogP) is 1.93. The highest BCUT2D eigenvalue weighted by molar-refractivity contribution is 6.30. The molecule has 3 rings (SSSR count). The van der Waals surface area contributed by atoms with Crippen LogP contribution < -0.4 is 11.1 Å². The lowest BCUT2D eigenvalue weighted by Crippen LogP contribution is -2.49. The number of nitrogens with two attached hydrogens (primary N) is 1. The summed E-state index contributed by atoms with van der Waals surface area (Å²) in [6, 6.07) is 8.28. The van der Waals surface area contributed by atoms with Gasteiger partial charge >= 0.3 is 0 Å². The number of nitrogens with zero attached hydrogens (tertiary/aromatic N) is 1. The fourth-order valence-corrected chi connectivity index (χ4v) is 4.17. The molecule has 0 bridgehead atoms. The van der Waals surface area contributed by atoms with Crippen molar-refractivity contribution in [2.45, 2.75) is 37.1 Å². The first kappa shape index (κ1) is 18.6. The van der Waals surface area contributed by atoms with Gasteiger partial charge in [-0.05, 0) is 43.4 Å². The molecule has 1 saturated heterocycles. The van der Waals surface area contributed by atoms with Crippen LogP contribution in [-0.2, 0) is 14.9 Å². The number of nitrogens with one attached hydrogen (secondary N) is 1. The number of morpholine rings is 1. The lowest BCUT2D eigenvalue weighted by molar-refractivity contribution is -0.124. The third-order valence-electron chi connectivity index (χ3n) is 5.61. The maximum atomic E-state index is 12.3. The van der Waals surface area contributed by atoms with Gasteiger partial charge in [0.2, 0.25) is 5.91 Å². The fourth-order valence-electron chi connectivity index (χ4n) is 3.98. The summed E-state index contributed by atoms with van der Waals surface area (Å²) in [5.41, 5.74) is 7.35. The molecule has 25 heavy (non-hydrogen) atoms. The van der Waals surface area contributed by atoms with Gasteiger partial charge in [0.05, 0.1) is 19.8 Å². The van der Waals surface area contributed by atoms with Gasteiger partial charge in [0.25, 0.3) is 0 Å². The van der Waals surface area contributed by atoms with Crippen LogP contribution in [0.1, 0.15) is 31.2 Å². The zero-order chi connectivity index (χ0) is 17.7. The predicted molar refractivity (Wildman–Crippen MR) is 99.8 cm³/mol. The molecule has 5 nitrogen and oxygen atoms in total. The lowest BCUT2D eigenvalue weighted by Gasteiger charge is -2.40. The second-order valence-electron chi connectivity index (χ2n) is 7.23. The Labute approximate surface area is 154 Å². The minimum atomic E-state index is -0.0175. The van der Waals surface area contributed by atoms with Crippen LogP contribution >= 0.6 is 11.6 Å². The van der Waals surface area contributed by atoms with Crippen LogP contribution in [0.15, 0.2) is 24.3 Å². The van der Waals surface area contributed by atoms with Gasteiger partial charge in [-0.25, -0.2) is 0 Å². The molecule has 6 heteroatoms. The topological polar surface area (TPSA) is 67.6 Å². The van der Waals surface area contributed by atoms with Crippen LogP contribution in [-0.4, -0.2) is 56.2 Å². The summed E-state index contributed by atoms with van der Waals surface area (Å²) in [4.78, 5) is 14.4. The van der Waals surface area contributed by atoms with E-state index in [2.05, 4.69) is 16.3 Å². The van der Waals surface area contributed by atoms with Gasteiger partial charge in [0.1, 0.15) is 0 Å². The van der Waals surface area contributed by atoms with Crippen LogP contribution in [0, 0.1) is 0 Å². The van der Waals surface area contributed by atoms with Crippen molar-refractivity contribution in [1.82, 2.24) is 10.2 Å². The summed E-state index contributed by atoms with van der Waals surface area (Å²) in [5, 5.41) is 3.96. The monoisotopic (exact) mass is 365 g/mol. The molecule has 0 unspecified atom stereocenters. The largest absolute Gasteiger partial charge is 0.379 e. The van der Waals surface area contributed by atoms with Crippen molar-refractivity contribution < 1.29 is 9.53 Å².